The van der Waals surface area contributed by atoms with Crippen LogP contribution in [0.2, 0.25) is 10.0 Å². The smallest absolute Gasteiger partial charge is 0.0472 e. The monoisotopic (exact) mass is 327 g/mol. The van der Waals surface area contributed by atoms with Crippen molar-refractivity contribution in [3.63, 3.8) is 0 Å². The van der Waals surface area contributed by atoms with Gasteiger partial charge in [0.15, 0.2) is 0 Å². The summed E-state index contributed by atoms with van der Waals surface area (Å²) in [5.74, 6) is 0.966. The molecule has 2 N–H and O–H groups in total. The summed E-state index contributed by atoms with van der Waals surface area (Å²) in [5, 5.41) is 1.37. The van der Waals surface area contributed by atoms with Crippen LogP contribution >= 0.6 is 23.2 Å². The van der Waals surface area contributed by atoms with Crippen molar-refractivity contribution in [1.82, 2.24) is 9.80 Å². The zero-order valence-electron chi connectivity index (χ0n) is 12.3. The van der Waals surface area contributed by atoms with Crippen LogP contribution in [0.4, 0.5) is 0 Å². The molecule has 1 saturated heterocycles. The highest BCUT2D eigenvalue weighted by Crippen LogP contribution is 2.31. The van der Waals surface area contributed by atoms with E-state index in [4.69, 9.17) is 28.9 Å². The van der Waals surface area contributed by atoms with Gasteiger partial charge in [0.05, 0.1) is 0 Å². The Bertz CT molecular complexity index is 462. The molecule has 1 saturated carbocycles. The first-order valence-corrected chi connectivity index (χ1v) is 8.54. The van der Waals surface area contributed by atoms with Gasteiger partial charge in [-0.15, -0.1) is 0 Å². The van der Waals surface area contributed by atoms with Crippen LogP contribution in [0.5, 0.6) is 0 Å². The lowest BCUT2D eigenvalue weighted by Crippen LogP contribution is -2.49. The second-order valence-electron chi connectivity index (χ2n) is 6.23. The predicted octanol–water partition coefficient (Wildman–Crippen LogP) is 3.02. The summed E-state index contributed by atoms with van der Waals surface area (Å²) in [6, 6.07) is 5.96. The normalized spacial score (nSPS) is 22.4. The summed E-state index contributed by atoms with van der Waals surface area (Å²) in [6.45, 7) is 6.30. The van der Waals surface area contributed by atoms with Crippen molar-refractivity contribution in [3.05, 3.63) is 33.8 Å². The van der Waals surface area contributed by atoms with Crippen LogP contribution in [0.25, 0.3) is 0 Å². The van der Waals surface area contributed by atoms with E-state index in [1.807, 2.05) is 12.1 Å². The molecule has 1 unspecified atom stereocenters. The van der Waals surface area contributed by atoms with Crippen LogP contribution in [0.15, 0.2) is 18.2 Å². The Morgan fingerprint density at radius 2 is 1.67 bits per heavy atom. The van der Waals surface area contributed by atoms with Crippen molar-refractivity contribution >= 4 is 23.2 Å². The van der Waals surface area contributed by atoms with E-state index in [0.29, 0.717) is 16.6 Å². The van der Waals surface area contributed by atoms with Gasteiger partial charge in [-0.25, -0.2) is 0 Å². The lowest BCUT2D eigenvalue weighted by atomic mass is 10.0. The molecule has 21 heavy (non-hydrogen) atoms. The molecule has 2 aliphatic rings. The maximum absolute atomic E-state index is 6.13. The summed E-state index contributed by atoms with van der Waals surface area (Å²) in [4.78, 5) is 5.05. The van der Waals surface area contributed by atoms with Crippen LogP contribution in [-0.2, 0) is 0 Å². The van der Waals surface area contributed by atoms with E-state index in [-0.39, 0.29) is 6.04 Å². The van der Waals surface area contributed by atoms with E-state index in [0.717, 1.165) is 37.7 Å². The molecule has 1 aromatic rings. The molecule has 3 nitrogen and oxygen atoms in total. The van der Waals surface area contributed by atoms with Gasteiger partial charge in [-0.2, -0.15) is 0 Å². The third-order valence-corrected chi connectivity index (χ3v) is 4.99. The number of rotatable bonds is 5. The van der Waals surface area contributed by atoms with Crippen molar-refractivity contribution in [3.8, 4) is 0 Å². The molecule has 2 fully saturated rings. The quantitative estimate of drug-likeness (QED) is 0.902. The molecule has 3 rings (SSSR count). The van der Waals surface area contributed by atoms with Gasteiger partial charge in [0, 0.05) is 55.4 Å². The van der Waals surface area contributed by atoms with E-state index in [9.17, 15) is 0 Å². The number of hydrogen-bond acceptors (Lipinski definition) is 3. The fourth-order valence-electron chi connectivity index (χ4n) is 3.19. The van der Waals surface area contributed by atoms with Gasteiger partial charge in [0.2, 0.25) is 0 Å². The minimum absolute atomic E-state index is 0.212. The van der Waals surface area contributed by atoms with E-state index >= 15 is 0 Å². The van der Waals surface area contributed by atoms with Crippen molar-refractivity contribution < 1.29 is 0 Å². The largest absolute Gasteiger partial charge is 0.329 e. The van der Waals surface area contributed by atoms with Crippen molar-refractivity contribution in [1.29, 1.82) is 0 Å². The lowest BCUT2D eigenvalue weighted by Gasteiger charge is -2.39. The number of hydrogen-bond donors (Lipinski definition) is 1. The Balaban J connectivity index is 1.63. The molecule has 1 aliphatic heterocycles. The summed E-state index contributed by atoms with van der Waals surface area (Å²) in [6.07, 6.45) is 2.85. The van der Waals surface area contributed by atoms with Crippen molar-refractivity contribution in [2.24, 2.45) is 11.7 Å². The summed E-state index contributed by atoms with van der Waals surface area (Å²) < 4.78 is 0. The number of nitrogens with two attached hydrogens (primary N) is 1. The van der Waals surface area contributed by atoms with Gasteiger partial charge in [-0.1, -0.05) is 23.2 Å². The molecule has 0 amide bonds. The van der Waals surface area contributed by atoms with E-state index in [1.54, 1.807) is 6.07 Å². The van der Waals surface area contributed by atoms with Gasteiger partial charge in [0.1, 0.15) is 0 Å². The topological polar surface area (TPSA) is 32.5 Å². The molecular formula is C16H23Cl2N3. The van der Waals surface area contributed by atoms with Crippen LogP contribution in [0, 0.1) is 5.92 Å². The summed E-state index contributed by atoms with van der Waals surface area (Å²) in [7, 11) is 0. The number of piperazine rings is 1. The number of nitrogens with zero attached hydrogens (tertiary/aromatic N) is 2. The third kappa shape index (κ3) is 4.11. The Hall–Kier alpha value is -0.320. The standard InChI is InChI=1S/C16H23Cl2N3/c17-14-7-13(8-15(18)9-14)16(10-19)21-5-3-20(4-6-21)11-12-1-2-12/h7-9,12,16H,1-6,10-11,19H2. The predicted molar refractivity (Wildman–Crippen MR) is 89.0 cm³/mol. The average molecular weight is 328 g/mol. The second-order valence-corrected chi connectivity index (χ2v) is 7.11. The molecular weight excluding hydrogens is 305 g/mol. The highest BCUT2D eigenvalue weighted by Gasteiger charge is 2.28. The molecule has 0 bridgehead atoms. The Kier molecular flexibility index (Phi) is 5.07. The molecule has 1 atom stereocenters. The molecule has 116 valence electrons. The van der Waals surface area contributed by atoms with Crippen LogP contribution in [0.1, 0.15) is 24.4 Å². The van der Waals surface area contributed by atoms with Gasteiger partial charge >= 0.3 is 0 Å². The zero-order chi connectivity index (χ0) is 14.8. The zero-order valence-corrected chi connectivity index (χ0v) is 13.8. The van der Waals surface area contributed by atoms with Crippen LogP contribution in [-0.4, -0.2) is 49.1 Å². The highest BCUT2D eigenvalue weighted by atomic mass is 35.5. The molecule has 0 spiro atoms. The SMILES string of the molecule is NCC(c1cc(Cl)cc(Cl)c1)N1CCN(CC2CC2)CC1. The number of halogens is 2. The number of benzene rings is 1. The van der Waals surface area contributed by atoms with E-state index in [1.165, 1.54) is 19.4 Å². The fraction of sp³-hybridized carbons (Fsp3) is 0.625. The Morgan fingerprint density at radius 1 is 1.05 bits per heavy atom. The fourth-order valence-corrected chi connectivity index (χ4v) is 3.73. The van der Waals surface area contributed by atoms with E-state index in [2.05, 4.69) is 9.80 Å². The molecule has 1 aromatic carbocycles. The average Bonchev–Trinajstić information content (AvgIpc) is 3.24. The van der Waals surface area contributed by atoms with Gasteiger partial charge in [0.25, 0.3) is 0 Å². The summed E-state index contributed by atoms with van der Waals surface area (Å²) >= 11 is 12.3. The molecule has 1 aliphatic carbocycles. The highest BCUT2D eigenvalue weighted by molar-refractivity contribution is 6.34. The van der Waals surface area contributed by atoms with E-state index < -0.39 is 0 Å². The minimum Gasteiger partial charge on any atom is -0.329 e. The molecule has 5 heteroatoms. The van der Waals surface area contributed by atoms with Crippen LogP contribution in [0.3, 0.4) is 0 Å². The first-order chi connectivity index (χ1) is 10.2. The maximum atomic E-state index is 6.13. The lowest BCUT2D eigenvalue weighted by molar-refractivity contribution is 0.0956. The van der Waals surface area contributed by atoms with Crippen molar-refractivity contribution in [2.75, 3.05) is 39.3 Å². The molecule has 0 aromatic heterocycles. The molecule has 0 radical (unpaired) electrons. The first-order valence-electron chi connectivity index (χ1n) is 7.78. The third-order valence-electron chi connectivity index (χ3n) is 4.55. The second kappa shape index (κ2) is 6.84. The van der Waals surface area contributed by atoms with Gasteiger partial charge in [-0.05, 0) is 42.5 Å². The van der Waals surface area contributed by atoms with Gasteiger partial charge < -0.3 is 10.6 Å². The Morgan fingerprint density at radius 3 is 2.19 bits per heavy atom. The minimum atomic E-state index is 0.212. The first kappa shape index (κ1) is 15.6. The van der Waals surface area contributed by atoms with Gasteiger partial charge in [-0.3, -0.25) is 4.90 Å². The maximum Gasteiger partial charge on any atom is 0.0472 e. The van der Waals surface area contributed by atoms with Crippen LogP contribution < -0.4 is 5.73 Å². The summed E-state index contributed by atoms with van der Waals surface area (Å²) in [5.41, 5.74) is 7.15. The Labute approximate surface area is 137 Å². The van der Waals surface area contributed by atoms with Crippen molar-refractivity contribution in [2.45, 2.75) is 18.9 Å². The molecule has 1 heterocycles.